The van der Waals surface area contributed by atoms with Gasteiger partial charge in [0.15, 0.2) is 0 Å². The van der Waals surface area contributed by atoms with Crippen molar-refractivity contribution in [2.75, 3.05) is 18.9 Å². The van der Waals surface area contributed by atoms with E-state index in [2.05, 4.69) is 5.32 Å². The molecule has 6 heteroatoms. The molecule has 0 aromatic heterocycles. The Morgan fingerprint density at radius 1 is 1.38 bits per heavy atom. The molecule has 0 bridgehead atoms. The van der Waals surface area contributed by atoms with Gasteiger partial charge in [0.1, 0.15) is 0 Å². The number of aryl methyl sites for hydroxylation is 1. The summed E-state index contributed by atoms with van der Waals surface area (Å²) in [5.41, 5.74) is 1.11. The first-order valence-corrected chi connectivity index (χ1v) is 6.91. The number of hydrogen-bond acceptors (Lipinski definition) is 3. The number of anilines is 1. The van der Waals surface area contributed by atoms with Crippen molar-refractivity contribution in [1.82, 2.24) is 4.90 Å². The van der Waals surface area contributed by atoms with Crippen LogP contribution in [-0.4, -0.2) is 46.8 Å². The third-order valence-corrected chi connectivity index (χ3v) is 3.82. The number of carbonyl (C=O) groups excluding carboxylic acids is 1. The fourth-order valence-corrected chi connectivity index (χ4v) is 2.53. The molecule has 114 valence electrons. The number of hydrogen-bond donors (Lipinski definition) is 3. The molecule has 21 heavy (non-hydrogen) atoms. The second-order valence-corrected chi connectivity index (χ2v) is 5.60. The molecule has 0 radical (unpaired) electrons. The summed E-state index contributed by atoms with van der Waals surface area (Å²) in [6.45, 7) is 2.31. The van der Waals surface area contributed by atoms with Crippen molar-refractivity contribution in [3.63, 3.8) is 0 Å². The molecule has 0 unspecified atom stereocenters. The van der Waals surface area contributed by atoms with Crippen LogP contribution in [0.3, 0.4) is 0 Å². The van der Waals surface area contributed by atoms with E-state index >= 15 is 0 Å². The summed E-state index contributed by atoms with van der Waals surface area (Å²) in [6.07, 6.45) is 1.17. The van der Waals surface area contributed by atoms with Crippen molar-refractivity contribution in [2.45, 2.75) is 25.9 Å². The van der Waals surface area contributed by atoms with Gasteiger partial charge in [-0.2, -0.15) is 0 Å². The van der Waals surface area contributed by atoms with Crippen LogP contribution in [0, 0.1) is 12.8 Å². The highest BCUT2D eigenvalue weighted by molar-refractivity contribution is 6.00. The highest BCUT2D eigenvalue weighted by atomic mass is 16.4. The van der Waals surface area contributed by atoms with E-state index in [1.807, 2.05) is 0 Å². The van der Waals surface area contributed by atoms with E-state index in [0.717, 1.165) is 0 Å². The summed E-state index contributed by atoms with van der Waals surface area (Å²) in [5, 5.41) is 21.1. The largest absolute Gasteiger partial charge is 0.478 e. The second-order valence-electron chi connectivity index (χ2n) is 5.60. The van der Waals surface area contributed by atoms with Crippen LogP contribution in [-0.2, 0) is 0 Å². The molecule has 0 atom stereocenters. The first kappa shape index (κ1) is 15.3. The smallest absolute Gasteiger partial charge is 0.337 e. The fourth-order valence-electron chi connectivity index (χ4n) is 2.53. The molecule has 0 aliphatic heterocycles. The van der Waals surface area contributed by atoms with Crippen LogP contribution in [0.1, 0.15) is 28.8 Å². The summed E-state index contributed by atoms with van der Waals surface area (Å²) >= 11 is 0. The predicted octanol–water partition coefficient (Wildman–Crippen LogP) is 1.93. The maximum Gasteiger partial charge on any atom is 0.337 e. The fraction of sp³-hybridized carbons (Fsp3) is 0.467. The molecule has 1 fully saturated rings. The summed E-state index contributed by atoms with van der Waals surface area (Å²) in [4.78, 5) is 24.9. The lowest BCUT2D eigenvalue weighted by molar-refractivity contribution is 0.0332. The Morgan fingerprint density at radius 2 is 2.05 bits per heavy atom. The number of nitrogens with zero attached hydrogens (tertiary/aromatic N) is 1. The van der Waals surface area contributed by atoms with E-state index in [4.69, 9.17) is 0 Å². The van der Waals surface area contributed by atoms with Gasteiger partial charge in [-0.3, -0.25) is 0 Å². The molecule has 1 saturated carbocycles. The zero-order valence-corrected chi connectivity index (χ0v) is 12.2. The van der Waals surface area contributed by atoms with E-state index in [0.29, 0.717) is 36.6 Å². The van der Waals surface area contributed by atoms with Crippen molar-refractivity contribution in [3.05, 3.63) is 29.3 Å². The number of aliphatic hydroxyl groups excluding tert-OH is 1. The second kappa shape index (κ2) is 6.13. The van der Waals surface area contributed by atoms with Crippen molar-refractivity contribution in [2.24, 2.45) is 5.92 Å². The van der Waals surface area contributed by atoms with Gasteiger partial charge in [-0.05, 0) is 37.3 Å². The van der Waals surface area contributed by atoms with E-state index in [9.17, 15) is 19.8 Å². The average Bonchev–Trinajstić information content (AvgIpc) is 2.38. The number of aliphatic hydroxyl groups is 1. The van der Waals surface area contributed by atoms with Gasteiger partial charge in [-0.25, -0.2) is 9.59 Å². The summed E-state index contributed by atoms with van der Waals surface area (Å²) in [5.74, 6) is -0.759. The Kier molecular flexibility index (Phi) is 4.47. The Balaban J connectivity index is 2.03. The number of amides is 2. The number of aromatic carboxylic acids is 1. The van der Waals surface area contributed by atoms with E-state index in [1.165, 1.54) is 11.0 Å². The number of carboxylic acid groups (broad SMARTS) is 1. The molecule has 1 aromatic carbocycles. The lowest BCUT2D eigenvalue weighted by Gasteiger charge is -2.34. The van der Waals surface area contributed by atoms with E-state index < -0.39 is 5.97 Å². The van der Waals surface area contributed by atoms with E-state index in [1.54, 1.807) is 26.1 Å². The standard InChI is InChI=1S/C15H20N2O4/c1-9-4-3-5-12(14(19)20)13(9)16-15(21)17(2)8-10-6-11(18)7-10/h3-5,10-11,18H,6-8H2,1-2H3,(H,16,21)(H,19,20). The monoisotopic (exact) mass is 292 g/mol. The summed E-state index contributed by atoms with van der Waals surface area (Å²) < 4.78 is 0. The number of nitrogens with one attached hydrogen (secondary N) is 1. The van der Waals surface area contributed by atoms with Crippen LogP contribution in [0.2, 0.25) is 0 Å². The first-order chi connectivity index (χ1) is 9.88. The first-order valence-electron chi connectivity index (χ1n) is 6.91. The van der Waals surface area contributed by atoms with Crippen LogP contribution < -0.4 is 5.32 Å². The zero-order chi connectivity index (χ0) is 15.6. The summed E-state index contributed by atoms with van der Waals surface area (Å²) in [7, 11) is 1.67. The number of urea groups is 1. The van der Waals surface area contributed by atoms with Gasteiger partial charge in [-0.15, -0.1) is 0 Å². The van der Waals surface area contributed by atoms with Crippen molar-refractivity contribution in [1.29, 1.82) is 0 Å². The molecule has 0 saturated heterocycles. The van der Waals surface area contributed by atoms with Crippen molar-refractivity contribution >= 4 is 17.7 Å². The molecule has 1 aromatic rings. The quantitative estimate of drug-likeness (QED) is 0.791. The van der Waals surface area contributed by atoms with Gasteiger partial charge in [-0.1, -0.05) is 12.1 Å². The van der Waals surface area contributed by atoms with Gasteiger partial charge < -0.3 is 20.4 Å². The molecule has 3 N–H and O–H groups in total. The lowest BCUT2D eigenvalue weighted by Crippen LogP contribution is -2.41. The number of benzene rings is 1. The lowest BCUT2D eigenvalue weighted by atomic mass is 9.82. The van der Waals surface area contributed by atoms with Gasteiger partial charge in [0.25, 0.3) is 0 Å². The molecule has 0 heterocycles. The number of carboxylic acids is 1. The van der Waals surface area contributed by atoms with E-state index in [-0.39, 0.29) is 17.7 Å². The van der Waals surface area contributed by atoms with Crippen LogP contribution in [0.25, 0.3) is 0 Å². The SMILES string of the molecule is Cc1cccc(C(=O)O)c1NC(=O)N(C)CC1CC(O)C1. The van der Waals surface area contributed by atoms with Gasteiger partial charge in [0.05, 0.1) is 17.4 Å². The van der Waals surface area contributed by atoms with Crippen molar-refractivity contribution < 1.29 is 19.8 Å². The van der Waals surface area contributed by atoms with Gasteiger partial charge >= 0.3 is 12.0 Å². The van der Waals surface area contributed by atoms with Crippen LogP contribution in [0.4, 0.5) is 10.5 Å². The van der Waals surface area contributed by atoms with Crippen molar-refractivity contribution in [3.8, 4) is 0 Å². The number of para-hydroxylation sites is 1. The highest BCUT2D eigenvalue weighted by Gasteiger charge is 2.29. The predicted molar refractivity (Wildman–Crippen MR) is 78.5 cm³/mol. The van der Waals surface area contributed by atoms with Crippen LogP contribution >= 0.6 is 0 Å². The molecular formula is C15H20N2O4. The Bertz CT molecular complexity index is 553. The minimum Gasteiger partial charge on any atom is -0.478 e. The third kappa shape index (κ3) is 3.52. The summed E-state index contributed by atoms with van der Waals surface area (Å²) in [6, 6.07) is 4.53. The molecule has 2 amide bonds. The number of carbonyl (C=O) groups is 2. The number of rotatable bonds is 4. The molecule has 2 rings (SSSR count). The topological polar surface area (TPSA) is 89.9 Å². The average molecular weight is 292 g/mol. The van der Waals surface area contributed by atoms with Gasteiger partial charge in [0, 0.05) is 13.6 Å². The van der Waals surface area contributed by atoms with Crippen LogP contribution in [0.5, 0.6) is 0 Å². The van der Waals surface area contributed by atoms with Crippen LogP contribution in [0.15, 0.2) is 18.2 Å². The third-order valence-electron chi connectivity index (χ3n) is 3.82. The maximum atomic E-state index is 12.2. The molecular weight excluding hydrogens is 272 g/mol. The molecule has 0 spiro atoms. The Morgan fingerprint density at radius 3 is 2.62 bits per heavy atom. The highest BCUT2D eigenvalue weighted by Crippen LogP contribution is 2.28. The molecule has 1 aliphatic rings. The molecule has 6 nitrogen and oxygen atoms in total. The maximum absolute atomic E-state index is 12.2. The normalized spacial score (nSPS) is 20.5. The zero-order valence-electron chi connectivity index (χ0n) is 12.2. The molecule has 1 aliphatic carbocycles. The minimum atomic E-state index is -1.07. The van der Waals surface area contributed by atoms with Gasteiger partial charge in [0.2, 0.25) is 0 Å². The Hall–Kier alpha value is -2.08. The Labute approximate surface area is 123 Å². The minimum absolute atomic E-state index is 0.0795.